The van der Waals surface area contributed by atoms with E-state index >= 15 is 0 Å². The molecule has 0 atom stereocenters. The summed E-state index contributed by atoms with van der Waals surface area (Å²) in [5.41, 5.74) is 0.593. The number of para-hydroxylation sites is 1. The summed E-state index contributed by atoms with van der Waals surface area (Å²) < 4.78 is 5.28. The molecule has 2 aromatic rings. The quantitative estimate of drug-likeness (QED) is 0.633. The van der Waals surface area contributed by atoms with E-state index in [1.165, 1.54) is 28.0 Å². The second kappa shape index (κ2) is 7.61. The number of hydrogen-bond acceptors (Lipinski definition) is 4. The van der Waals surface area contributed by atoms with Gasteiger partial charge in [-0.1, -0.05) is 18.2 Å². The van der Waals surface area contributed by atoms with Gasteiger partial charge in [0.15, 0.2) is 0 Å². The number of nitrogens with zero attached hydrogens (tertiary/aromatic N) is 2. The SMILES string of the molecule is CN(C)C(=O)c1ccc(C(=O)Oc2ccccc2)cc1C(=O)N(C)C. The minimum Gasteiger partial charge on any atom is -0.423 e. The third kappa shape index (κ3) is 4.23. The Morgan fingerprint density at radius 1 is 0.760 bits per heavy atom. The molecule has 0 radical (unpaired) electrons. The molecule has 0 spiro atoms. The van der Waals surface area contributed by atoms with Crippen molar-refractivity contribution in [1.82, 2.24) is 9.80 Å². The fourth-order valence-corrected chi connectivity index (χ4v) is 2.17. The molecule has 0 fully saturated rings. The Hall–Kier alpha value is -3.15. The second-order valence-electron chi connectivity index (χ2n) is 5.86. The third-order valence-electron chi connectivity index (χ3n) is 3.48. The van der Waals surface area contributed by atoms with Gasteiger partial charge >= 0.3 is 5.97 Å². The van der Waals surface area contributed by atoms with E-state index in [2.05, 4.69) is 0 Å². The minimum atomic E-state index is -0.595. The summed E-state index contributed by atoms with van der Waals surface area (Å²) in [5.74, 6) is -0.864. The van der Waals surface area contributed by atoms with Crippen molar-refractivity contribution in [3.63, 3.8) is 0 Å². The molecule has 130 valence electrons. The predicted octanol–water partition coefficient (Wildman–Crippen LogP) is 2.31. The average Bonchev–Trinajstić information content (AvgIpc) is 2.60. The van der Waals surface area contributed by atoms with Crippen LogP contribution in [0, 0.1) is 0 Å². The molecule has 0 heterocycles. The van der Waals surface area contributed by atoms with Crippen molar-refractivity contribution in [1.29, 1.82) is 0 Å². The number of hydrogen-bond donors (Lipinski definition) is 0. The van der Waals surface area contributed by atoms with Crippen LogP contribution in [0.1, 0.15) is 31.1 Å². The maximum Gasteiger partial charge on any atom is 0.343 e. The summed E-state index contributed by atoms with van der Waals surface area (Å²) >= 11 is 0. The molecule has 25 heavy (non-hydrogen) atoms. The van der Waals surface area contributed by atoms with Crippen LogP contribution >= 0.6 is 0 Å². The van der Waals surface area contributed by atoms with Crippen molar-refractivity contribution < 1.29 is 19.1 Å². The van der Waals surface area contributed by atoms with Crippen molar-refractivity contribution in [2.24, 2.45) is 0 Å². The molecule has 2 amide bonds. The van der Waals surface area contributed by atoms with Crippen LogP contribution in [-0.2, 0) is 0 Å². The summed E-state index contributed by atoms with van der Waals surface area (Å²) in [6, 6.07) is 13.0. The highest BCUT2D eigenvalue weighted by Crippen LogP contribution is 2.18. The molecule has 0 aliphatic heterocycles. The van der Waals surface area contributed by atoms with Gasteiger partial charge in [0, 0.05) is 28.2 Å². The maximum atomic E-state index is 12.4. The van der Waals surface area contributed by atoms with Crippen LogP contribution < -0.4 is 4.74 Å². The van der Waals surface area contributed by atoms with E-state index in [1.807, 2.05) is 6.07 Å². The van der Waals surface area contributed by atoms with Crippen LogP contribution in [0.3, 0.4) is 0 Å². The van der Waals surface area contributed by atoms with Crippen molar-refractivity contribution >= 4 is 17.8 Å². The zero-order valence-electron chi connectivity index (χ0n) is 14.6. The van der Waals surface area contributed by atoms with Gasteiger partial charge in [-0.05, 0) is 30.3 Å². The van der Waals surface area contributed by atoms with E-state index < -0.39 is 5.97 Å². The minimum absolute atomic E-state index is 0.159. The summed E-state index contributed by atoms with van der Waals surface area (Å²) in [6.45, 7) is 0. The van der Waals surface area contributed by atoms with Crippen LogP contribution in [0.5, 0.6) is 5.75 Å². The first-order valence-electron chi connectivity index (χ1n) is 7.66. The Morgan fingerprint density at radius 3 is 1.88 bits per heavy atom. The summed E-state index contributed by atoms with van der Waals surface area (Å²) in [7, 11) is 6.37. The molecule has 0 aliphatic rings. The molecule has 0 aromatic heterocycles. The zero-order chi connectivity index (χ0) is 18.6. The fraction of sp³-hybridized carbons (Fsp3) is 0.211. The molecule has 2 aromatic carbocycles. The Balaban J connectivity index is 2.41. The Kier molecular flexibility index (Phi) is 5.54. The smallest absolute Gasteiger partial charge is 0.343 e. The Bertz CT molecular complexity index is 798. The first kappa shape index (κ1) is 18.2. The fourth-order valence-electron chi connectivity index (χ4n) is 2.17. The Morgan fingerprint density at radius 2 is 1.32 bits per heavy atom. The van der Waals surface area contributed by atoms with Crippen LogP contribution in [0.4, 0.5) is 0 Å². The maximum absolute atomic E-state index is 12.4. The number of amides is 2. The van der Waals surface area contributed by atoms with Gasteiger partial charge in [0.05, 0.1) is 16.7 Å². The van der Waals surface area contributed by atoms with E-state index in [-0.39, 0.29) is 28.5 Å². The number of benzene rings is 2. The molecule has 0 saturated heterocycles. The van der Waals surface area contributed by atoms with E-state index in [0.29, 0.717) is 5.75 Å². The zero-order valence-corrected chi connectivity index (χ0v) is 14.6. The van der Waals surface area contributed by atoms with Crippen molar-refractivity contribution in [2.45, 2.75) is 0 Å². The molecular formula is C19H20N2O4. The van der Waals surface area contributed by atoms with Gasteiger partial charge in [0.2, 0.25) is 0 Å². The lowest BCUT2D eigenvalue weighted by atomic mass is 10.0. The topological polar surface area (TPSA) is 66.9 Å². The summed E-state index contributed by atoms with van der Waals surface area (Å²) in [5, 5.41) is 0. The van der Waals surface area contributed by atoms with Gasteiger partial charge in [-0.25, -0.2) is 4.79 Å². The molecule has 6 nitrogen and oxygen atoms in total. The van der Waals surface area contributed by atoms with Gasteiger partial charge in [-0.15, -0.1) is 0 Å². The molecule has 0 unspecified atom stereocenters. The van der Waals surface area contributed by atoms with Crippen molar-refractivity contribution in [2.75, 3.05) is 28.2 Å². The highest BCUT2D eigenvalue weighted by Gasteiger charge is 2.22. The third-order valence-corrected chi connectivity index (χ3v) is 3.48. The standard InChI is InChI=1S/C19H20N2O4/c1-20(2)17(22)15-11-10-13(12-16(15)18(23)21(3)4)19(24)25-14-8-6-5-7-9-14/h5-12H,1-4H3. The highest BCUT2D eigenvalue weighted by atomic mass is 16.5. The van der Waals surface area contributed by atoms with Gasteiger partial charge in [-0.3, -0.25) is 9.59 Å². The monoisotopic (exact) mass is 340 g/mol. The van der Waals surface area contributed by atoms with Gasteiger partial charge < -0.3 is 14.5 Å². The molecule has 0 bridgehead atoms. The lowest BCUT2D eigenvalue weighted by Crippen LogP contribution is -2.28. The molecular weight excluding hydrogens is 320 g/mol. The average molecular weight is 340 g/mol. The van der Waals surface area contributed by atoms with E-state index in [1.54, 1.807) is 52.5 Å². The van der Waals surface area contributed by atoms with Gasteiger partial charge in [0.1, 0.15) is 5.75 Å². The molecule has 0 aliphatic carbocycles. The summed E-state index contributed by atoms with van der Waals surface area (Å²) in [6.07, 6.45) is 0. The van der Waals surface area contributed by atoms with E-state index in [4.69, 9.17) is 4.74 Å². The van der Waals surface area contributed by atoms with Crippen LogP contribution in [0.2, 0.25) is 0 Å². The molecule has 2 rings (SSSR count). The van der Waals surface area contributed by atoms with Crippen LogP contribution in [-0.4, -0.2) is 55.8 Å². The number of carbonyl (C=O) groups excluding carboxylic acids is 3. The highest BCUT2D eigenvalue weighted by molar-refractivity contribution is 6.08. The van der Waals surface area contributed by atoms with Gasteiger partial charge in [0.25, 0.3) is 11.8 Å². The van der Waals surface area contributed by atoms with Crippen molar-refractivity contribution in [3.8, 4) is 5.75 Å². The normalized spacial score (nSPS) is 10.1. The molecule has 0 saturated carbocycles. The first-order chi connectivity index (χ1) is 11.8. The van der Waals surface area contributed by atoms with Crippen LogP contribution in [0.15, 0.2) is 48.5 Å². The van der Waals surface area contributed by atoms with Crippen molar-refractivity contribution in [3.05, 3.63) is 65.2 Å². The van der Waals surface area contributed by atoms with E-state index in [9.17, 15) is 14.4 Å². The number of esters is 1. The largest absolute Gasteiger partial charge is 0.423 e. The number of carbonyl (C=O) groups is 3. The lowest BCUT2D eigenvalue weighted by Gasteiger charge is -2.17. The number of rotatable bonds is 4. The molecule has 6 heteroatoms. The Labute approximate surface area is 146 Å². The summed E-state index contributed by atoms with van der Waals surface area (Å²) in [4.78, 5) is 39.8. The lowest BCUT2D eigenvalue weighted by molar-refractivity contribution is 0.0732. The van der Waals surface area contributed by atoms with E-state index in [0.717, 1.165) is 0 Å². The second-order valence-corrected chi connectivity index (χ2v) is 5.86. The first-order valence-corrected chi connectivity index (χ1v) is 7.66. The molecule has 0 N–H and O–H groups in total. The number of ether oxygens (including phenoxy) is 1. The predicted molar refractivity (Wildman–Crippen MR) is 93.9 cm³/mol. The van der Waals surface area contributed by atoms with Crippen LogP contribution in [0.25, 0.3) is 0 Å². The van der Waals surface area contributed by atoms with Gasteiger partial charge in [-0.2, -0.15) is 0 Å².